The average molecular weight is 442 g/mol. The van der Waals surface area contributed by atoms with Crippen molar-refractivity contribution in [2.75, 3.05) is 60.0 Å². The fourth-order valence-electron chi connectivity index (χ4n) is 4.34. The minimum Gasteiger partial charge on any atom is -0.379 e. The number of guanidine groups is 1. The molecule has 4 aliphatic rings. The summed E-state index contributed by atoms with van der Waals surface area (Å²) in [5, 5.41) is 6.60. The van der Waals surface area contributed by atoms with Gasteiger partial charge in [0.25, 0.3) is 5.91 Å². The van der Waals surface area contributed by atoms with Crippen LogP contribution in [0.3, 0.4) is 0 Å². The summed E-state index contributed by atoms with van der Waals surface area (Å²) in [6, 6.07) is 5.04. The predicted octanol–water partition coefficient (Wildman–Crippen LogP) is -0.149. The molecule has 0 radical (unpaired) electrons. The van der Waals surface area contributed by atoms with E-state index in [1.54, 1.807) is 24.2 Å². The Balaban J connectivity index is 1.48. The average Bonchev–Trinajstić information content (AvgIpc) is 3.21. The normalized spacial score (nSPS) is 24.0. The van der Waals surface area contributed by atoms with Crippen LogP contribution < -0.4 is 0 Å². The van der Waals surface area contributed by atoms with Crippen molar-refractivity contribution in [3.63, 3.8) is 0 Å². The summed E-state index contributed by atoms with van der Waals surface area (Å²) in [5.74, 6) is 0.306. The number of carbonyl (C=O) groups is 2. The van der Waals surface area contributed by atoms with Gasteiger partial charge in [-0.1, -0.05) is 17.1 Å². The number of likely N-dealkylation sites (N-methyl/N-ethyl adjacent to an activating group) is 2. The summed E-state index contributed by atoms with van der Waals surface area (Å²) < 4.78 is 20.8. The molecule has 11 heteroatoms. The number of hydrogen-bond acceptors (Lipinski definition) is 7. The molecule has 3 amide bonds. The highest BCUT2D eigenvalue weighted by molar-refractivity contribution is 6.23. The maximum Gasteiger partial charge on any atom is 0.416 e. The summed E-state index contributed by atoms with van der Waals surface area (Å²) in [6.07, 6.45) is 0. The molecule has 0 bridgehead atoms. The summed E-state index contributed by atoms with van der Waals surface area (Å²) in [7, 11) is 3.10. The molecule has 0 saturated carbocycles. The van der Waals surface area contributed by atoms with E-state index in [-0.39, 0.29) is 11.7 Å². The van der Waals surface area contributed by atoms with Gasteiger partial charge in [0.1, 0.15) is 24.6 Å². The second-order valence-electron chi connectivity index (χ2n) is 8.17. The minimum absolute atomic E-state index is 0.322. The van der Waals surface area contributed by atoms with E-state index in [1.807, 2.05) is 4.58 Å². The number of rotatable bonds is 4. The van der Waals surface area contributed by atoms with Crippen LogP contribution in [-0.2, 0) is 9.53 Å². The van der Waals surface area contributed by atoms with Crippen molar-refractivity contribution in [1.29, 1.82) is 0 Å². The molecule has 0 aromatic heterocycles. The van der Waals surface area contributed by atoms with Crippen LogP contribution >= 0.6 is 0 Å². The number of fused-ring (bicyclic) bond motifs is 2. The number of benzene rings is 1. The number of amidine groups is 1. The van der Waals surface area contributed by atoms with Gasteiger partial charge in [-0.3, -0.25) is 19.5 Å². The van der Waals surface area contributed by atoms with Gasteiger partial charge in [0, 0.05) is 39.3 Å². The molecule has 10 nitrogen and oxygen atoms in total. The van der Waals surface area contributed by atoms with Crippen LogP contribution in [0.25, 0.3) is 0 Å². The van der Waals surface area contributed by atoms with E-state index in [9.17, 15) is 14.0 Å². The fourth-order valence-corrected chi connectivity index (χ4v) is 4.34. The Morgan fingerprint density at radius 3 is 2.53 bits per heavy atom. The van der Waals surface area contributed by atoms with E-state index in [1.165, 1.54) is 24.1 Å². The molecule has 0 N–H and O–H groups in total. The molecule has 2 saturated heterocycles. The van der Waals surface area contributed by atoms with E-state index in [4.69, 9.17) is 9.84 Å². The first-order valence-corrected chi connectivity index (χ1v) is 10.6. The smallest absolute Gasteiger partial charge is 0.379 e. The highest BCUT2D eigenvalue weighted by Gasteiger charge is 2.54. The van der Waals surface area contributed by atoms with Crippen LogP contribution in [0.1, 0.15) is 5.56 Å². The molecule has 1 aromatic carbocycles. The molecule has 1 atom stereocenters. The molecular formula is C21H25FN7O3+. The Morgan fingerprint density at radius 2 is 1.81 bits per heavy atom. The number of carbonyl (C=O) groups excluding carboxylic acids is 2. The van der Waals surface area contributed by atoms with E-state index in [2.05, 4.69) is 9.89 Å². The molecule has 4 heterocycles. The van der Waals surface area contributed by atoms with E-state index in [0.29, 0.717) is 43.8 Å². The molecular weight excluding hydrogens is 417 g/mol. The van der Waals surface area contributed by atoms with Crippen LogP contribution in [-0.4, -0.2) is 120 Å². The van der Waals surface area contributed by atoms with Gasteiger partial charge in [0.15, 0.2) is 0 Å². The molecule has 4 aliphatic heterocycles. The quantitative estimate of drug-likeness (QED) is 0.606. The number of urea groups is 1. The maximum atomic E-state index is 13.5. The summed E-state index contributed by atoms with van der Waals surface area (Å²) >= 11 is 0. The monoisotopic (exact) mass is 442 g/mol. The predicted molar refractivity (Wildman–Crippen MR) is 114 cm³/mol. The Labute approximate surface area is 184 Å². The molecule has 0 aliphatic carbocycles. The van der Waals surface area contributed by atoms with Gasteiger partial charge < -0.3 is 4.74 Å². The molecule has 0 spiro atoms. The van der Waals surface area contributed by atoms with Crippen molar-refractivity contribution >= 4 is 29.4 Å². The Hall–Kier alpha value is -3.18. The Kier molecular flexibility index (Phi) is 5.22. The number of morpholine rings is 1. The van der Waals surface area contributed by atoms with Gasteiger partial charge in [0.2, 0.25) is 11.9 Å². The first-order valence-electron chi connectivity index (χ1n) is 10.6. The van der Waals surface area contributed by atoms with E-state index in [0.717, 1.165) is 30.1 Å². The van der Waals surface area contributed by atoms with Gasteiger partial charge in [-0.05, 0) is 12.1 Å². The SMILES string of the molecule is CN1C(=O)C2C(=NC3=[N+]2CC(c2ccc(F)cc2)=NN3CCN2CCOCC2)N(C)C1=O. The van der Waals surface area contributed by atoms with Gasteiger partial charge >= 0.3 is 12.0 Å². The molecule has 32 heavy (non-hydrogen) atoms. The van der Waals surface area contributed by atoms with Crippen molar-refractivity contribution in [2.45, 2.75) is 6.04 Å². The lowest BCUT2D eigenvalue weighted by atomic mass is 10.1. The van der Waals surface area contributed by atoms with Gasteiger partial charge in [-0.25, -0.2) is 13.8 Å². The zero-order valence-corrected chi connectivity index (χ0v) is 18.1. The van der Waals surface area contributed by atoms with Gasteiger partial charge in [0.05, 0.1) is 13.2 Å². The third-order valence-corrected chi connectivity index (χ3v) is 6.21. The third-order valence-electron chi connectivity index (χ3n) is 6.21. The van der Waals surface area contributed by atoms with Gasteiger partial charge in [-0.15, -0.1) is 10.1 Å². The zero-order chi connectivity index (χ0) is 22.4. The van der Waals surface area contributed by atoms with Gasteiger partial charge in [-0.2, -0.15) is 0 Å². The molecule has 1 unspecified atom stereocenters. The molecule has 168 valence electrons. The van der Waals surface area contributed by atoms with E-state index < -0.39 is 12.1 Å². The lowest BCUT2D eigenvalue weighted by molar-refractivity contribution is -0.527. The van der Waals surface area contributed by atoms with Crippen molar-refractivity contribution in [3.8, 4) is 0 Å². The van der Waals surface area contributed by atoms with Crippen LogP contribution in [0.15, 0.2) is 34.4 Å². The number of amides is 3. The molecule has 5 rings (SSSR count). The lowest BCUT2D eigenvalue weighted by Gasteiger charge is -2.32. The first kappa shape index (κ1) is 20.7. The Morgan fingerprint density at radius 1 is 1.09 bits per heavy atom. The molecule has 2 fully saturated rings. The second kappa shape index (κ2) is 8.06. The van der Waals surface area contributed by atoms with Crippen molar-refractivity contribution in [2.24, 2.45) is 10.1 Å². The number of aliphatic imine (C=N–C) groups is 1. The largest absolute Gasteiger partial charge is 0.416 e. The zero-order valence-electron chi connectivity index (χ0n) is 18.1. The van der Waals surface area contributed by atoms with Crippen molar-refractivity contribution in [1.82, 2.24) is 19.7 Å². The maximum absolute atomic E-state index is 13.5. The highest BCUT2D eigenvalue weighted by Crippen LogP contribution is 2.23. The number of ether oxygens (including phenoxy) is 1. The van der Waals surface area contributed by atoms with Crippen molar-refractivity contribution < 1.29 is 23.3 Å². The van der Waals surface area contributed by atoms with Crippen molar-refractivity contribution in [3.05, 3.63) is 35.6 Å². The summed E-state index contributed by atoms with van der Waals surface area (Å²) in [4.78, 5) is 35.0. The summed E-state index contributed by atoms with van der Waals surface area (Å²) in [6.45, 7) is 4.73. The number of hydrogen-bond donors (Lipinski definition) is 0. The standard InChI is InChI=1S/C21H25FN7O3/c1-25-18-17(19(30)26(2)21(25)31)28-13-16(14-3-5-15(22)6-4-14)24-29(20(28)23-18)8-7-27-9-11-32-12-10-27/h3-6,17H,7-13H2,1-2H3/q+1. The number of imide groups is 1. The Bertz CT molecular complexity index is 1050. The van der Waals surface area contributed by atoms with E-state index >= 15 is 0 Å². The lowest BCUT2D eigenvalue weighted by Crippen LogP contribution is -2.62. The summed E-state index contributed by atoms with van der Waals surface area (Å²) in [5.41, 5.74) is 1.48. The molecule has 1 aromatic rings. The number of nitrogens with zero attached hydrogens (tertiary/aromatic N) is 7. The first-order chi connectivity index (χ1) is 15.4. The number of halogens is 1. The second-order valence-corrected chi connectivity index (χ2v) is 8.17. The van der Waals surface area contributed by atoms with Crippen LogP contribution in [0.4, 0.5) is 9.18 Å². The number of hydrazone groups is 1. The highest BCUT2D eigenvalue weighted by atomic mass is 19.1. The van der Waals surface area contributed by atoms with Crippen LogP contribution in [0.5, 0.6) is 0 Å². The van der Waals surface area contributed by atoms with Crippen LogP contribution in [0.2, 0.25) is 0 Å². The van der Waals surface area contributed by atoms with Crippen LogP contribution in [0, 0.1) is 5.82 Å². The fraction of sp³-hybridized carbons (Fsp3) is 0.476. The minimum atomic E-state index is -0.700. The third kappa shape index (κ3) is 3.47. The topological polar surface area (TPSA) is 84.1 Å².